The molecule has 2 N–H and O–H groups in total. The number of non-ortho nitro benzene ring substituents is 1. The number of halogens is 3. The van der Waals surface area contributed by atoms with E-state index in [0.29, 0.717) is 11.1 Å². The SMILES string of the molecule is O=[N+]([O-])c1ccc(NN=Cc2ccc(F)cc2F)c(S(=O)(=O)Nc2ccc(Cl)cc2)c1. The van der Waals surface area contributed by atoms with Crippen LogP contribution in [0, 0.1) is 21.7 Å². The van der Waals surface area contributed by atoms with Crippen molar-refractivity contribution in [1.82, 2.24) is 0 Å². The van der Waals surface area contributed by atoms with Crippen molar-refractivity contribution >= 4 is 44.9 Å². The predicted octanol–water partition coefficient (Wildman–Crippen LogP) is 4.77. The largest absolute Gasteiger partial charge is 0.280 e. The van der Waals surface area contributed by atoms with Crippen LogP contribution in [0.1, 0.15) is 5.56 Å². The number of nitrogens with zero attached hydrogens (tertiary/aromatic N) is 2. The number of hydrogen-bond donors (Lipinski definition) is 2. The quantitative estimate of drug-likeness (QED) is 0.295. The van der Waals surface area contributed by atoms with Crippen LogP contribution >= 0.6 is 11.6 Å². The zero-order valence-electron chi connectivity index (χ0n) is 15.4. The Morgan fingerprint density at radius 2 is 1.74 bits per heavy atom. The summed E-state index contributed by atoms with van der Waals surface area (Å²) in [5.74, 6) is -1.63. The van der Waals surface area contributed by atoms with E-state index in [9.17, 15) is 27.3 Å². The van der Waals surface area contributed by atoms with Gasteiger partial charge in [0.1, 0.15) is 16.5 Å². The molecule has 160 valence electrons. The third kappa shape index (κ3) is 5.53. The first kappa shape index (κ1) is 22.1. The minimum atomic E-state index is -4.28. The van der Waals surface area contributed by atoms with Gasteiger partial charge >= 0.3 is 0 Å². The molecule has 0 heterocycles. The molecule has 0 aromatic heterocycles. The molecule has 0 saturated carbocycles. The fourth-order valence-corrected chi connectivity index (χ4v) is 3.81. The summed E-state index contributed by atoms with van der Waals surface area (Å²) in [6, 6.07) is 11.7. The normalized spacial score (nSPS) is 11.5. The van der Waals surface area contributed by atoms with E-state index in [2.05, 4.69) is 15.2 Å². The number of sulfonamides is 1. The molecule has 8 nitrogen and oxygen atoms in total. The first-order valence-electron chi connectivity index (χ1n) is 8.47. The Balaban J connectivity index is 1.94. The summed E-state index contributed by atoms with van der Waals surface area (Å²) in [6.07, 6.45) is 1.01. The lowest BCUT2D eigenvalue weighted by Gasteiger charge is -2.12. The molecule has 0 unspecified atom stereocenters. The Bertz CT molecular complexity index is 1270. The molecule has 3 aromatic carbocycles. The van der Waals surface area contributed by atoms with Gasteiger partial charge in [0.2, 0.25) is 0 Å². The van der Waals surface area contributed by atoms with Crippen LogP contribution in [0.5, 0.6) is 0 Å². The van der Waals surface area contributed by atoms with Crippen molar-refractivity contribution in [1.29, 1.82) is 0 Å². The topological polar surface area (TPSA) is 114 Å². The lowest BCUT2D eigenvalue weighted by molar-refractivity contribution is -0.385. The van der Waals surface area contributed by atoms with E-state index in [-0.39, 0.29) is 16.9 Å². The molecule has 31 heavy (non-hydrogen) atoms. The average molecular weight is 467 g/mol. The van der Waals surface area contributed by atoms with Crippen molar-refractivity contribution in [3.63, 3.8) is 0 Å². The van der Waals surface area contributed by atoms with Gasteiger partial charge in [-0.15, -0.1) is 0 Å². The number of nitrogens with one attached hydrogen (secondary N) is 2. The van der Waals surface area contributed by atoms with Gasteiger partial charge in [0.05, 0.1) is 16.8 Å². The molecule has 0 bridgehead atoms. The van der Waals surface area contributed by atoms with Crippen LogP contribution in [0.3, 0.4) is 0 Å². The second-order valence-corrected chi connectivity index (χ2v) is 8.17. The second-order valence-electron chi connectivity index (χ2n) is 6.09. The highest BCUT2D eigenvalue weighted by atomic mass is 35.5. The number of nitro groups is 1. The summed E-state index contributed by atoms with van der Waals surface area (Å²) in [5, 5.41) is 15.2. The van der Waals surface area contributed by atoms with Crippen molar-refractivity contribution in [3.05, 3.63) is 93.0 Å². The van der Waals surface area contributed by atoms with Gasteiger partial charge in [0, 0.05) is 34.5 Å². The van der Waals surface area contributed by atoms with Gasteiger partial charge in [-0.3, -0.25) is 20.3 Å². The number of anilines is 2. The Kier molecular flexibility index (Phi) is 6.47. The van der Waals surface area contributed by atoms with Crippen LogP contribution < -0.4 is 10.1 Å². The van der Waals surface area contributed by atoms with Crippen LogP contribution in [-0.4, -0.2) is 19.6 Å². The summed E-state index contributed by atoms with van der Waals surface area (Å²) < 4.78 is 54.7. The van der Waals surface area contributed by atoms with Crippen molar-refractivity contribution in [3.8, 4) is 0 Å². The van der Waals surface area contributed by atoms with E-state index in [4.69, 9.17) is 11.6 Å². The second kappa shape index (κ2) is 9.06. The van der Waals surface area contributed by atoms with Crippen LogP contribution in [0.4, 0.5) is 25.8 Å². The summed E-state index contributed by atoms with van der Waals surface area (Å²) in [5.41, 5.74) is 1.97. The maximum atomic E-state index is 13.7. The van der Waals surface area contributed by atoms with E-state index in [1.54, 1.807) is 0 Å². The smallest absolute Gasteiger partial charge is 0.270 e. The van der Waals surface area contributed by atoms with Gasteiger partial charge in [-0.2, -0.15) is 5.10 Å². The Hall–Kier alpha value is -3.57. The van der Waals surface area contributed by atoms with Crippen molar-refractivity contribution in [2.45, 2.75) is 4.90 Å². The standard InChI is InChI=1S/C19H13ClF2N4O4S/c20-13-2-5-15(6-3-13)25-31(29,30)19-10-16(26(27)28)7-8-18(19)24-23-11-12-1-4-14(21)9-17(12)22/h1-11,24-25H. The molecule has 0 aliphatic carbocycles. The minimum Gasteiger partial charge on any atom is -0.280 e. The van der Waals surface area contributed by atoms with Crippen LogP contribution in [0.15, 0.2) is 70.7 Å². The van der Waals surface area contributed by atoms with E-state index in [1.165, 1.54) is 24.3 Å². The zero-order valence-corrected chi connectivity index (χ0v) is 17.0. The Labute approximate surface area is 180 Å². The lowest BCUT2D eigenvalue weighted by Crippen LogP contribution is -2.15. The van der Waals surface area contributed by atoms with Gasteiger partial charge in [-0.1, -0.05) is 11.6 Å². The molecule has 0 aliphatic rings. The predicted molar refractivity (Wildman–Crippen MR) is 113 cm³/mol. The summed E-state index contributed by atoms with van der Waals surface area (Å²) in [6.45, 7) is 0. The molecule has 12 heteroatoms. The third-order valence-corrected chi connectivity index (χ3v) is 5.59. The summed E-state index contributed by atoms with van der Waals surface area (Å²) in [7, 11) is -4.28. The molecule has 0 spiro atoms. The fourth-order valence-electron chi connectivity index (χ4n) is 2.44. The Morgan fingerprint density at radius 1 is 1.03 bits per heavy atom. The third-order valence-electron chi connectivity index (χ3n) is 3.91. The molecular formula is C19H13ClF2N4O4S. The molecule has 0 saturated heterocycles. The lowest BCUT2D eigenvalue weighted by atomic mass is 10.2. The van der Waals surface area contributed by atoms with Crippen LogP contribution in [0.25, 0.3) is 0 Å². The molecule has 3 rings (SSSR count). The summed E-state index contributed by atoms with van der Waals surface area (Å²) in [4.78, 5) is 9.89. The molecule has 0 fully saturated rings. The van der Waals surface area contributed by atoms with Gasteiger partial charge in [0.15, 0.2) is 0 Å². The number of nitro benzene ring substituents is 1. The van der Waals surface area contributed by atoms with E-state index < -0.39 is 37.2 Å². The van der Waals surface area contributed by atoms with Crippen LogP contribution in [0.2, 0.25) is 5.02 Å². The maximum Gasteiger partial charge on any atom is 0.270 e. The van der Waals surface area contributed by atoms with Gasteiger partial charge in [-0.25, -0.2) is 17.2 Å². The van der Waals surface area contributed by atoms with Gasteiger partial charge in [0.25, 0.3) is 15.7 Å². The zero-order chi connectivity index (χ0) is 22.6. The molecule has 0 aliphatic heterocycles. The van der Waals surface area contributed by atoms with Crippen molar-refractivity contribution in [2.24, 2.45) is 5.10 Å². The van der Waals surface area contributed by atoms with Crippen molar-refractivity contribution in [2.75, 3.05) is 10.1 Å². The van der Waals surface area contributed by atoms with Crippen molar-refractivity contribution < 1.29 is 22.1 Å². The highest BCUT2D eigenvalue weighted by Crippen LogP contribution is 2.28. The number of hydrazone groups is 1. The molecule has 0 radical (unpaired) electrons. The first-order chi connectivity index (χ1) is 14.7. The minimum absolute atomic E-state index is 0.0560. The van der Waals surface area contributed by atoms with Crippen LogP contribution in [-0.2, 0) is 10.0 Å². The average Bonchev–Trinajstić information content (AvgIpc) is 2.71. The molecule has 0 atom stereocenters. The highest BCUT2D eigenvalue weighted by Gasteiger charge is 2.22. The Morgan fingerprint density at radius 3 is 2.39 bits per heavy atom. The number of rotatable bonds is 7. The van der Waals surface area contributed by atoms with E-state index >= 15 is 0 Å². The number of hydrogen-bond acceptors (Lipinski definition) is 6. The van der Waals surface area contributed by atoms with E-state index in [0.717, 1.165) is 36.5 Å². The van der Waals surface area contributed by atoms with Gasteiger partial charge < -0.3 is 0 Å². The molecule has 0 amide bonds. The number of benzene rings is 3. The first-order valence-corrected chi connectivity index (χ1v) is 10.3. The highest BCUT2D eigenvalue weighted by molar-refractivity contribution is 7.92. The summed E-state index contributed by atoms with van der Waals surface area (Å²) >= 11 is 5.78. The monoisotopic (exact) mass is 466 g/mol. The van der Waals surface area contributed by atoms with Gasteiger partial charge in [-0.05, 0) is 42.5 Å². The fraction of sp³-hybridized carbons (Fsp3) is 0. The maximum absolute atomic E-state index is 13.7. The molecular weight excluding hydrogens is 454 g/mol. The van der Waals surface area contributed by atoms with E-state index in [1.807, 2.05) is 0 Å². The molecule has 3 aromatic rings.